The Morgan fingerprint density at radius 2 is 1.33 bits per heavy atom. The number of pyridine rings is 2. The van der Waals surface area contributed by atoms with Gasteiger partial charge in [0.15, 0.2) is 37.9 Å². The summed E-state index contributed by atoms with van der Waals surface area (Å²) in [6.07, 6.45) is 9.69. The summed E-state index contributed by atoms with van der Waals surface area (Å²) in [5.41, 5.74) is 1.18. The number of nitrogens with one attached hydrogen (secondary N) is 2. The molecule has 2 rings (SSSR count). The fraction of sp³-hybridized carbons (Fsp3) is 0.176. The van der Waals surface area contributed by atoms with Gasteiger partial charge in [0.1, 0.15) is 23.8 Å². The third-order valence-corrected chi connectivity index (χ3v) is 3.43. The number of aromatic nitrogens is 2. The first kappa shape index (κ1) is 19.5. The van der Waals surface area contributed by atoms with Crippen molar-refractivity contribution in [2.75, 3.05) is 10.6 Å². The van der Waals surface area contributed by atoms with Crippen LogP contribution in [0.15, 0.2) is 59.4 Å². The second-order valence-corrected chi connectivity index (χ2v) is 5.48. The molecule has 0 radical (unpaired) electrons. The molecule has 0 aliphatic carbocycles. The van der Waals surface area contributed by atoms with Gasteiger partial charge in [-0.1, -0.05) is 10.3 Å². The maximum absolute atomic E-state index is 11.4. The Bertz CT molecular complexity index is 783. The number of rotatable bonds is 8. The fourth-order valence-electron chi connectivity index (χ4n) is 2.36. The monoisotopic (exact) mass is 372 g/mol. The van der Waals surface area contributed by atoms with Gasteiger partial charge < -0.3 is 21.0 Å². The number of aryl methyl sites for hydroxylation is 2. The summed E-state index contributed by atoms with van der Waals surface area (Å²) < 4.78 is 3.85. The Labute approximate surface area is 155 Å². The van der Waals surface area contributed by atoms with Crippen molar-refractivity contribution < 1.29 is 29.1 Å². The van der Waals surface area contributed by atoms with Crippen LogP contribution in [0.2, 0.25) is 0 Å². The van der Waals surface area contributed by atoms with Crippen LogP contribution in [0, 0.1) is 0 Å². The van der Waals surface area contributed by atoms with Crippen LogP contribution in [0.4, 0.5) is 11.4 Å². The van der Waals surface area contributed by atoms with Crippen LogP contribution in [0.5, 0.6) is 0 Å². The van der Waals surface area contributed by atoms with Crippen LogP contribution >= 0.6 is 0 Å². The molecule has 0 aliphatic heterocycles. The highest BCUT2D eigenvalue weighted by Crippen LogP contribution is 2.02. The zero-order valence-corrected chi connectivity index (χ0v) is 14.4. The topological polar surface area (TPSA) is 131 Å². The second kappa shape index (κ2) is 10.2. The van der Waals surface area contributed by atoms with Crippen molar-refractivity contribution in [2.24, 2.45) is 10.3 Å². The number of carbonyl (C=O) groups excluding carboxylic acids is 2. The molecule has 140 valence electrons. The molecule has 0 fully saturated rings. The number of hydrogen-bond donors (Lipinski definition) is 4. The molecule has 27 heavy (non-hydrogen) atoms. The average Bonchev–Trinajstić information content (AvgIpc) is 2.63. The molecule has 10 heteroatoms. The van der Waals surface area contributed by atoms with Gasteiger partial charge in [0.2, 0.25) is 0 Å². The molecule has 0 saturated heterocycles. The van der Waals surface area contributed by atoms with Crippen molar-refractivity contribution in [2.45, 2.75) is 19.5 Å². The van der Waals surface area contributed by atoms with Gasteiger partial charge >= 0.3 is 0 Å². The highest BCUT2D eigenvalue weighted by molar-refractivity contribution is 6.31. The number of oxime groups is 2. The highest BCUT2D eigenvalue weighted by Gasteiger charge is 2.09. The van der Waals surface area contributed by atoms with Crippen molar-refractivity contribution in [3.63, 3.8) is 0 Å². The predicted molar refractivity (Wildman–Crippen MR) is 95.7 cm³/mol. The SMILES string of the molecule is O=C(C=NO)Nc1ccc[n+](CCC[n+]2cccc(NC(=O)C=NO)c2)c1. The van der Waals surface area contributed by atoms with Gasteiger partial charge in [-0.05, 0) is 12.1 Å². The van der Waals surface area contributed by atoms with Crippen molar-refractivity contribution in [3.05, 3.63) is 49.1 Å². The highest BCUT2D eigenvalue weighted by atomic mass is 16.4. The second-order valence-electron chi connectivity index (χ2n) is 5.48. The van der Waals surface area contributed by atoms with E-state index < -0.39 is 11.8 Å². The minimum absolute atomic E-state index is 0.518. The lowest BCUT2D eigenvalue weighted by molar-refractivity contribution is -0.726. The summed E-state index contributed by atoms with van der Waals surface area (Å²) in [5.74, 6) is -1.04. The molecule has 10 nitrogen and oxygen atoms in total. The van der Waals surface area contributed by atoms with Gasteiger partial charge in [-0.15, -0.1) is 0 Å². The molecular weight excluding hydrogens is 352 g/mol. The summed E-state index contributed by atoms with van der Waals surface area (Å²) in [6, 6.07) is 7.07. The maximum Gasteiger partial charge on any atom is 0.270 e. The van der Waals surface area contributed by atoms with Gasteiger partial charge in [0.25, 0.3) is 11.8 Å². The smallest absolute Gasteiger partial charge is 0.270 e. The van der Waals surface area contributed by atoms with Crippen LogP contribution in [0.25, 0.3) is 0 Å². The van der Waals surface area contributed by atoms with Gasteiger partial charge in [0.05, 0.1) is 6.42 Å². The van der Waals surface area contributed by atoms with E-state index in [9.17, 15) is 9.59 Å². The Balaban J connectivity index is 1.89. The lowest BCUT2D eigenvalue weighted by Gasteiger charge is -2.02. The molecule has 0 unspecified atom stereocenters. The number of anilines is 2. The molecule has 0 spiro atoms. The number of carbonyl (C=O) groups is 2. The van der Waals surface area contributed by atoms with E-state index in [2.05, 4.69) is 20.9 Å². The molecule has 4 N–H and O–H groups in total. The van der Waals surface area contributed by atoms with E-state index >= 15 is 0 Å². The Morgan fingerprint density at radius 1 is 0.889 bits per heavy atom. The van der Waals surface area contributed by atoms with Crippen molar-refractivity contribution in [1.82, 2.24) is 0 Å². The van der Waals surface area contributed by atoms with Crippen molar-refractivity contribution >= 4 is 35.6 Å². The Morgan fingerprint density at radius 3 is 1.74 bits per heavy atom. The minimum Gasteiger partial charge on any atom is -0.411 e. The van der Waals surface area contributed by atoms with Crippen molar-refractivity contribution in [3.8, 4) is 0 Å². The molecule has 0 bridgehead atoms. The Hall–Kier alpha value is -3.82. The van der Waals surface area contributed by atoms with E-state index in [4.69, 9.17) is 10.4 Å². The molecule has 0 saturated carbocycles. The summed E-state index contributed by atoms with van der Waals surface area (Å²) in [4.78, 5) is 22.8. The van der Waals surface area contributed by atoms with E-state index in [1.54, 1.807) is 36.7 Å². The summed E-state index contributed by atoms with van der Waals surface area (Å²) in [6.45, 7) is 1.41. The molecule has 2 amide bonds. The average molecular weight is 372 g/mol. The van der Waals surface area contributed by atoms with Crippen LogP contribution in [0.1, 0.15) is 6.42 Å². The molecular formula is C17H20N6O4+2. The van der Waals surface area contributed by atoms with Crippen LogP contribution in [-0.2, 0) is 22.7 Å². The standard InChI is InChI=1S/C17H18N6O4/c24-16(10-18-26)20-14-4-1-6-22(12-14)8-3-9-23-7-2-5-15(13-23)21-17(25)11-19-27/h1-2,4-7,10-13H,3,8-9H2,(H2-2,20,21,24,25,26,27)/p+2. The third kappa shape index (κ3) is 6.90. The van der Waals surface area contributed by atoms with Gasteiger partial charge in [-0.2, -0.15) is 0 Å². The number of hydrogen-bond acceptors (Lipinski definition) is 6. The fourth-order valence-corrected chi connectivity index (χ4v) is 2.36. The van der Waals surface area contributed by atoms with E-state index in [-0.39, 0.29) is 0 Å². The zero-order chi connectivity index (χ0) is 19.5. The lowest BCUT2D eigenvalue weighted by atomic mass is 10.3. The van der Waals surface area contributed by atoms with E-state index in [1.165, 1.54) is 0 Å². The molecule has 0 aromatic carbocycles. The molecule has 2 heterocycles. The quantitative estimate of drug-likeness (QED) is 0.227. The first-order chi connectivity index (χ1) is 13.1. The van der Waals surface area contributed by atoms with E-state index in [0.717, 1.165) is 18.9 Å². The molecule has 2 aromatic heterocycles. The van der Waals surface area contributed by atoms with E-state index in [0.29, 0.717) is 24.5 Å². The largest absolute Gasteiger partial charge is 0.411 e. The van der Waals surface area contributed by atoms with Crippen LogP contribution in [-0.4, -0.2) is 34.7 Å². The summed E-state index contributed by atoms with van der Waals surface area (Å²) in [5, 5.41) is 27.2. The van der Waals surface area contributed by atoms with Gasteiger partial charge in [-0.3, -0.25) is 9.59 Å². The molecule has 0 aliphatic rings. The van der Waals surface area contributed by atoms with Gasteiger partial charge in [0, 0.05) is 12.1 Å². The minimum atomic E-state index is -0.518. The number of amides is 2. The normalized spacial score (nSPS) is 11.0. The van der Waals surface area contributed by atoms with Crippen LogP contribution in [0.3, 0.4) is 0 Å². The van der Waals surface area contributed by atoms with Crippen LogP contribution < -0.4 is 19.8 Å². The lowest BCUT2D eigenvalue weighted by Crippen LogP contribution is -2.39. The first-order valence-corrected chi connectivity index (χ1v) is 8.06. The predicted octanol–water partition coefficient (Wildman–Crippen LogP) is 0.149. The number of nitrogens with zero attached hydrogens (tertiary/aromatic N) is 4. The molecule has 2 aromatic rings. The van der Waals surface area contributed by atoms with Crippen molar-refractivity contribution in [1.29, 1.82) is 0 Å². The molecule has 0 atom stereocenters. The summed E-state index contributed by atoms with van der Waals surface area (Å²) >= 11 is 0. The maximum atomic E-state index is 11.4. The Kier molecular flexibility index (Phi) is 7.39. The summed E-state index contributed by atoms with van der Waals surface area (Å²) in [7, 11) is 0. The third-order valence-electron chi connectivity index (χ3n) is 3.43. The first-order valence-electron chi connectivity index (χ1n) is 8.06. The van der Waals surface area contributed by atoms with E-state index in [1.807, 2.05) is 21.5 Å². The zero-order valence-electron chi connectivity index (χ0n) is 14.4. The van der Waals surface area contributed by atoms with Gasteiger partial charge in [-0.25, -0.2) is 9.13 Å².